The van der Waals surface area contributed by atoms with Gasteiger partial charge in [-0.3, -0.25) is 0 Å². The lowest BCUT2D eigenvalue weighted by atomic mass is 10.0. The van der Waals surface area contributed by atoms with E-state index in [0.29, 0.717) is 11.3 Å². The highest BCUT2D eigenvalue weighted by Gasteiger charge is 2.37. The molecule has 0 N–H and O–H groups in total. The van der Waals surface area contributed by atoms with Gasteiger partial charge in [-0.25, -0.2) is 5.32 Å². The summed E-state index contributed by atoms with van der Waals surface area (Å²) in [5.74, 6) is 0. The van der Waals surface area contributed by atoms with E-state index in [1.807, 2.05) is 0 Å². The molecule has 85 valence electrons. The maximum atomic E-state index is 12.8. The van der Waals surface area contributed by atoms with E-state index in [0.717, 1.165) is 11.6 Å². The predicted octanol–water partition coefficient (Wildman–Crippen LogP) is 4.25. The third kappa shape index (κ3) is 1.48. The maximum Gasteiger partial charge on any atom is 0.418 e. The molecule has 1 radical (unpaired) electrons. The Balaban J connectivity index is 2.24. The van der Waals surface area contributed by atoms with Crippen molar-refractivity contribution in [2.75, 3.05) is 0 Å². The molecular formula is C13H7F3N. The second-order valence-corrected chi connectivity index (χ2v) is 3.83. The fraction of sp³-hybridized carbons (Fsp3) is 0.0769. The second kappa shape index (κ2) is 3.26. The van der Waals surface area contributed by atoms with Crippen molar-refractivity contribution in [1.29, 1.82) is 0 Å². The lowest BCUT2D eigenvalue weighted by Gasteiger charge is -2.10. The lowest BCUT2D eigenvalue weighted by molar-refractivity contribution is -0.137. The normalized spacial score (nSPS) is 12.9. The summed E-state index contributed by atoms with van der Waals surface area (Å²) in [5.41, 5.74) is 1.26. The van der Waals surface area contributed by atoms with Gasteiger partial charge in [0, 0.05) is 11.1 Å². The topological polar surface area (TPSA) is 14.1 Å². The smallest absolute Gasteiger partial charge is 0.247 e. The van der Waals surface area contributed by atoms with Crippen LogP contribution in [0.15, 0.2) is 42.5 Å². The highest BCUT2D eigenvalue weighted by Crippen LogP contribution is 2.48. The molecule has 0 unspecified atom stereocenters. The van der Waals surface area contributed by atoms with Crippen LogP contribution in [0, 0.1) is 0 Å². The summed E-state index contributed by atoms with van der Waals surface area (Å²) in [6.07, 6.45) is -4.36. The zero-order valence-corrected chi connectivity index (χ0v) is 8.62. The molecule has 0 saturated carbocycles. The number of benzene rings is 2. The van der Waals surface area contributed by atoms with Crippen LogP contribution >= 0.6 is 0 Å². The Labute approximate surface area is 95.9 Å². The van der Waals surface area contributed by atoms with Crippen LogP contribution in [0.2, 0.25) is 0 Å². The van der Waals surface area contributed by atoms with Crippen LogP contribution in [0.3, 0.4) is 0 Å². The first-order chi connectivity index (χ1) is 8.07. The third-order valence-electron chi connectivity index (χ3n) is 2.77. The second-order valence-electron chi connectivity index (χ2n) is 3.83. The first kappa shape index (κ1) is 10.2. The van der Waals surface area contributed by atoms with Gasteiger partial charge in [-0.1, -0.05) is 30.3 Å². The highest BCUT2D eigenvalue weighted by atomic mass is 19.4. The molecule has 0 amide bonds. The number of rotatable bonds is 0. The minimum Gasteiger partial charge on any atom is -0.247 e. The largest absolute Gasteiger partial charge is 0.418 e. The van der Waals surface area contributed by atoms with Gasteiger partial charge in [-0.15, -0.1) is 0 Å². The van der Waals surface area contributed by atoms with Crippen molar-refractivity contribution in [2.45, 2.75) is 6.18 Å². The van der Waals surface area contributed by atoms with E-state index in [1.54, 1.807) is 30.3 Å². The van der Waals surface area contributed by atoms with E-state index in [4.69, 9.17) is 0 Å². The lowest BCUT2D eigenvalue weighted by Crippen LogP contribution is -2.07. The Morgan fingerprint density at radius 1 is 0.824 bits per heavy atom. The molecule has 0 spiro atoms. The SMILES string of the molecule is FC(F)(F)c1cccc2c1[N]c1ccccc1-2. The van der Waals surface area contributed by atoms with Crippen molar-refractivity contribution < 1.29 is 13.2 Å². The molecule has 0 aromatic heterocycles. The Hall–Kier alpha value is -1.97. The highest BCUT2D eigenvalue weighted by molar-refractivity contribution is 5.92. The Morgan fingerprint density at radius 2 is 1.53 bits per heavy atom. The molecule has 1 aliphatic rings. The number of hydrogen-bond donors (Lipinski definition) is 0. The van der Waals surface area contributed by atoms with Gasteiger partial charge in [0.05, 0.1) is 16.9 Å². The van der Waals surface area contributed by atoms with Crippen molar-refractivity contribution in [3.63, 3.8) is 0 Å². The first-order valence-electron chi connectivity index (χ1n) is 5.09. The fourth-order valence-corrected chi connectivity index (χ4v) is 2.03. The van der Waals surface area contributed by atoms with E-state index < -0.39 is 11.7 Å². The van der Waals surface area contributed by atoms with Crippen LogP contribution in [0.25, 0.3) is 11.1 Å². The van der Waals surface area contributed by atoms with Gasteiger partial charge in [0.25, 0.3) is 0 Å². The van der Waals surface area contributed by atoms with Crippen molar-refractivity contribution >= 4 is 11.4 Å². The van der Waals surface area contributed by atoms with Crippen LogP contribution in [0.4, 0.5) is 24.5 Å². The van der Waals surface area contributed by atoms with Crippen molar-refractivity contribution in [3.05, 3.63) is 48.0 Å². The molecular weight excluding hydrogens is 227 g/mol. The van der Waals surface area contributed by atoms with E-state index in [-0.39, 0.29) is 5.69 Å². The standard InChI is InChI=1S/C13H7F3N/c14-13(15,16)10-6-3-5-9-8-4-1-2-7-11(8)17-12(9)10/h1-7H. The molecule has 0 atom stereocenters. The van der Waals surface area contributed by atoms with Gasteiger partial charge in [-0.05, 0) is 12.1 Å². The molecule has 1 heterocycles. The summed E-state index contributed by atoms with van der Waals surface area (Å²) in [5, 5.41) is 4.06. The van der Waals surface area contributed by atoms with Gasteiger partial charge in [-0.2, -0.15) is 13.2 Å². The van der Waals surface area contributed by atoms with Crippen molar-refractivity contribution in [3.8, 4) is 11.1 Å². The zero-order chi connectivity index (χ0) is 12.0. The van der Waals surface area contributed by atoms with Crippen LogP contribution < -0.4 is 5.32 Å². The number of alkyl halides is 3. The third-order valence-corrected chi connectivity index (χ3v) is 2.77. The molecule has 0 fully saturated rings. The minimum absolute atomic E-state index is 0.0289. The quantitative estimate of drug-likeness (QED) is 0.552. The number of nitrogens with zero attached hydrogens (tertiary/aromatic N) is 1. The fourth-order valence-electron chi connectivity index (χ4n) is 2.03. The Bertz CT molecular complexity index is 587. The minimum atomic E-state index is -4.36. The van der Waals surface area contributed by atoms with E-state index >= 15 is 0 Å². The van der Waals surface area contributed by atoms with Gasteiger partial charge in [0.1, 0.15) is 0 Å². The first-order valence-corrected chi connectivity index (χ1v) is 5.09. The summed E-state index contributed by atoms with van der Waals surface area (Å²) in [6, 6.07) is 11.2. The molecule has 1 aliphatic heterocycles. The summed E-state index contributed by atoms with van der Waals surface area (Å²) in [6.45, 7) is 0. The van der Waals surface area contributed by atoms with Crippen molar-refractivity contribution in [1.82, 2.24) is 5.32 Å². The average molecular weight is 234 g/mol. The van der Waals surface area contributed by atoms with E-state index in [9.17, 15) is 13.2 Å². The molecule has 4 heteroatoms. The molecule has 1 nitrogen and oxygen atoms in total. The van der Waals surface area contributed by atoms with Crippen LogP contribution in [0.1, 0.15) is 5.56 Å². The van der Waals surface area contributed by atoms with Gasteiger partial charge in [0.15, 0.2) is 0 Å². The van der Waals surface area contributed by atoms with Gasteiger partial charge < -0.3 is 0 Å². The number of fused-ring (bicyclic) bond motifs is 3. The van der Waals surface area contributed by atoms with Crippen LogP contribution in [-0.4, -0.2) is 0 Å². The number of para-hydroxylation sites is 2. The Kier molecular flexibility index (Phi) is 1.96. The molecule has 0 aliphatic carbocycles. The maximum absolute atomic E-state index is 12.8. The summed E-state index contributed by atoms with van der Waals surface area (Å²) in [4.78, 5) is 0. The average Bonchev–Trinajstić information content (AvgIpc) is 2.65. The molecule has 17 heavy (non-hydrogen) atoms. The van der Waals surface area contributed by atoms with Crippen LogP contribution in [0.5, 0.6) is 0 Å². The van der Waals surface area contributed by atoms with E-state index in [1.165, 1.54) is 6.07 Å². The summed E-state index contributed by atoms with van der Waals surface area (Å²) in [7, 11) is 0. The zero-order valence-electron chi connectivity index (χ0n) is 8.62. The predicted molar refractivity (Wildman–Crippen MR) is 58.3 cm³/mol. The monoisotopic (exact) mass is 234 g/mol. The molecule has 0 saturated heterocycles. The van der Waals surface area contributed by atoms with Gasteiger partial charge in [0.2, 0.25) is 0 Å². The van der Waals surface area contributed by atoms with Gasteiger partial charge >= 0.3 is 6.18 Å². The van der Waals surface area contributed by atoms with Crippen LogP contribution in [-0.2, 0) is 6.18 Å². The number of halogens is 3. The molecule has 3 rings (SSSR count). The van der Waals surface area contributed by atoms with Crippen molar-refractivity contribution in [2.24, 2.45) is 0 Å². The molecule has 2 aromatic rings. The summed E-state index contributed by atoms with van der Waals surface area (Å²) >= 11 is 0. The molecule has 0 bridgehead atoms. The summed E-state index contributed by atoms with van der Waals surface area (Å²) < 4.78 is 38.4. The number of hydrogen-bond acceptors (Lipinski definition) is 0. The Morgan fingerprint density at radius 3 is 2.29 bits per heavy atom. The van der Waals surface area contributed by atoms with E-state index in [2.05, 4.69) is 5.32 Å². The molecule has 2 aromatic carbocycles.